The molecule has 5 rings (SSSR count). The minimum atomic E-state index is -2.64. The Labute approximate surface area is 223 Å². The van der Waals surface area contributed by atoms with Crippen LogP contribution in [0.3, 0.4) is 0 Å². The number of nitrogens with one attached hydrogen (secondary N) is 2. The highest BCUT2D eigenvalue weighted by atomic mass is 19.3. The number of hydrogen-bond acceptors (Lipinski definition) is 5. The Morgan fingerprint density at radius 1 is 1.21 bits per heavy atom. The van der Waals surface area contributed by atoms with Crippen LogP contribution in [0.25, 0.3) is 11.1 Å². The Kier molecular flexibility index (Phi) is 7.56. The summed E-state index contributed by atoms with van der Waals surface area (Å²) in [5.41, 5.74) is 5.85. The van der Waals surface area contributed by atoms with Gasteiger partial charge in [0, 0.05) is 92.3 Å². The lowest BCUT2D eigenvalue weighted by Gasteiger charge is -2.40. The van der Waals surface area contributed by atoms with Crippen molar-refractivity contribution in [2.75, 3.05) is 37.7 Å². The molecule has 0 radical (unpaired) electrons. The third-order valence-electron chi connectivity index (χ3n) is 8.10. The maximum Gasteiger partial charge on any atom is 0.264 e. The zero-order chi connectivity index (χ0) is 27.0. The first-order valence-electron chi connectivity index (χ1n) is 13.5. The van der Waals surface area contributed by atoms with Crippen LogP contribution in [0.4, 0.5) is 14.5 Å². The summed E-state index contributed by atoms with van der Waals surface area (Å²) in [5.74, 6) is 0.580. The SMILES string of the molecule is C=C(C)N1CCC(NC2CCOCC2)=C(C(=N)N2CCC(C)c3cc(-c4cnn(C)c4)c(C(F)F)cc32)C1. The first-order chi connectivity index (χ1) is 18.2. The van der Waals surface area contributed by atoms with Crippen LogP contribution >= 0.6 is 0 Å². The highest BCUT2D eigenvalue weighted by molar-refractivity contribution is 6.09. The van der Waals surface area contributed by atoms with Crippen LogP contribution < -0.4 is 10.2 Å². The Hall–Kier alpha value is -3.20. The number of allylic oxidation sites excluding steroid dienone is 1. The standard InChI is InChI=1S/C29H38F2N6O/c1-18(2)36-9-6-26(34-21-7-11-38-12-8-21)25(17-36)29(32)37-10-5-19(3)22-13-23(20-15-33-35(4)16-20)24(28(30)31)14-27(22)37/h13-16,19,21,28,32,34H,1,5-12,17H2,2-4H3. The Morgan fingerprint density at radius 3 is 2.63 bits per heavy atom. The number of nitrogens with zero attached hydrogens (tertiary/aromatic N) is 4. The lowest BCUT2D eigenvalue weighted by atomic mass is 9.86. The van der Waals surface area contributed by atoms with E-state index < -0.39 is 6.43 Å². The van der Waals surface area contributed by atoms with E-state index in [2.05, 4.69) is 28.8 Å². The third-order valence-corrected chi connectivity index (χ3v) is 8.10. The minimum absolute atomic E-state index is 0.0228. The predicted molar refractivity (Wildman–Crippen MR) is 147 cm³/mol. The van der Waals surface area contributed by atoms with Crippen molar-refractivity contribution in [3.8, 4) is 11.1 Å². The van der Waals surface area contributed by atoms with Crippen molar-refractivity contribution >= 4 is 11.5 Å². The summed E-state index contributed by atoms with van der Waals surface area (Å²) in [4.78, 5) is 4.14. The van der Waals surface area contributed by atoms with Gasteiger partial charge in [0.15, 0.2) is 0 Å². The lowest BCUT2D eigenvalue weighted by molar-refractivity contribution is 0.0798. The van der Waals surface area contributed by atoms with Gasteiger partial charge in [-0.15, -0.1) is 0 Å². The number of benzene rings is 1. The number of alkyl halides is 2. The van der Waals surface area contributed by atoms with Gasteiger partial charge in [-0.3, -0.25) is 10.1 Å². The molecule has 0 amide bonds. The highest BCUT2D eigenvalue weighted by Crippen LogP contribution is 2.43. The van der Waals surface area contributed by atoms with Gasteiger partial charge < -0.3 is 19.9 Å². The number of anilines is 1. The van der Waals surface area contributed by atoms with Crippen molar-refractivity contribution < 1.29 is 13.5 Å². The van der Waals surface area contributed by atoms with Crippen molar-refractivity contribution in [1.82, 2.24) is 20.0 Å². The maximum atomic E-state index is 14.4. The molecule has 0 spiro atoms. The smallest absolute Gasteiger partial charge is 0.264 e. The Bertz CT molecular complexity index is 1250. The number of hydrogen-bond donors (Lipinski definition) is 2. The van der Waals surface area contributed by atoms with Crippen molar-refractivity contribution in [3.05, 3.63) is 59.2 Å². The average molecular weight is 525 g/mol. The van der Waals surface area contributed by atoms with Crippen LogP contribution in [0, 0.1) is 5.41 Å². The number of ether oxygens (including phenoxy) is 1. The molecule has 3 aliphatic heterocycles. The number of halogens is 2. The van der Waals surface area contributed by atoms with Crippen molar-refractivity contribution in [3.63, 3.8) is 0 Å². The first kappa shape index (κ1) is 26.4. The molecular formula is C29H38F2N6O. The molecule has 1 aromatic heterocycles. The number of aryl methyl sites for hydroxylation is 1. The number of amidine groups is 1. The van der Waals surface area contributed by atoms with Crippen LogP contribution in [-0.2, 0) is 11.8 Å². The van der Waals surface area contributed by atoms with Gasteiger partial charge in [0.1, 0.15) is 5.84 Å². The second-order valence-corrected chi connectivity index (χ2v) is 10.8. The van der Waals surface area contributed by atoms with Crippen molar-refractivity contribution in [2.45, 2.75) is 57.9 Å². The second-order valence-electron chi connectivity index (χ2n) is 10.8. The topological polar surface area (TPSA) is 69.4 Å². The largest absolute Gasteiger partial charge is 0.385 e. The molecule has 9 heteroatoms. The molecule has 0 bridgehead atoms. The molecule has 2 aromatic rings. The number of fused-ring (bicyclic) bond motifs is 1. The van der Waals surface area contributed by atoms with E-state index in [1.807, 2.05) is 17.9 Å². The van der Waals surface area contributed by atoms with Gasteiger partial charge in [0.05, 0.1) is 6.20 Å². The van der Waals surface area contributed by atoms with E-state index in [-0.39, 0.29) is 11.5 Å². The molecule has 1 aromatic carbocycles. The van der Waals surface area contributed by atoms with E-state index in [1.165, 1.54) is 0 Å². The number of aromatic nitrogens is 2. The zero-order valence-electron chi connectivity index (χ0n) is 22.6. The molecule has 38 heavy (non-hydrogen) atoms. The predicted octanol–water partition coefficient (Wildman–Crippen LogP) is 5.58. The molecule has 3 aliphatic rings. The monoisotopic (exact) mass is 524 g/mol. The molecule has 1 atom stereocenters. The Morgan fingerprint density at radius 2 is 1.97 bits per heavy atom. The summed E-state index contributed by atoms with van der Waals surface area (Å²) in [6, 6.07) is 3.83. The molecule has 1 saturated heterocycles. The van der Waals surface area contributed by atoms with Gasteiger partial charge in [-0.05, 0) is 55.4 Å². The van der Waals surface area contributed by atoms with E-state index in [0.717, 1.165) is 68.0 Å². The van der Waals surface area contributed by atoms with E-state index in [0.29, 0.717) is 41.8 Å². The van der Waals surface area contributed by atoms with Gasteiger partial charge in [0.2, 0.25) is 0 Å². The van der Waals surface area contributed by atoms with Crippen LogP contribution in [-0.4, -0.2) is 59.4 Å². The third kappa shape index (κ3) is 5.21. The summed E-state index contributed by atoms with van der Waals surface area (Å²) >= 11 is 0. The molecule has 1 fully saturated rings. The van der Waals surface area contributed by atoms with Crippen LogP contribution in [0.15, 0.2) is 48.1 Å². The van der Waals surface area contributed by atoms with Gasteiger partial charge in [0.25, 0.3) is 6.43 Å². The summed E-state index contributed by atoms with van der Waals surface area (Å²) in [6.45, 7) is 11.8. The highest BCUT2D eigenvalue weighted by Gasteiger charge is 2.32. The summed E-state index contributed by atoms with van der Waals surface area (Å²) in [7, 11) is 1.79. The number of rotatable bonds is 6. The lowest BCUT2D eigenvalue weighted by Crippen LogP contribution is -2.45. The quantitative estimate of drug-likeness (QED) is 0.382. The fraction of sp³-hybridized carbons (Fsp3) is 0.517. The summed E-state index contributed by atoms with van der Waals surface area (Å²) in [6.07, 6.45) is 4.28. The van der Waals surface area contributed by atoms with Crippen LogP contribution in [0.5, 0.6) is 0 Å². The van der Waals surface area contributed by atoms with E-state index >= 15 is 0 Å². The average Bonchev–Trinajstić information content (AvgIpc) is 3.34. The van der Waals surface area contributed by atoms with Crippen molar-refractivity contribution in [1.29, 1.82) is 5.41 Å². The van der Waals surface area contributed by atoms with Gasteiger partial charge >= 0.3 is 0 Å². The normalized spacial score (nSPS) is 20.6. The molecule has 7 nitrogen and oxygen atoms in total. The molecular weight excluding hydrogens is 486 g/mol. The molecule has 2 N–H and O–H groups in total. The maximum absolute atomic E-state index is 14.4. The molecule has 204 valence electrons. The summed E-state index contributed by atoms with van der Waals surface area (Å²) in [5, 5.41) is 17.3. The van der Waals surface area contributed by atoms with E-state index in [1.54, 1.807) is 30.2 Å². The van der Waals surface area contributed by atoms with Gasteiger partial charge in [-0.25, -0.2) is 8.78 Å². The van der Waals surface area contributed by atoms with E-state index in [9.17, 15) is 14.2 Å². The van der Waals surface area contributed by atoms with Gasteiger partial charge in [-0.2, -0.15) is 5.10 Å². The fourth-order valence-corrected chi connectivity index (χ4v) is 5.79. The second kappa shape index (κ2) is 10.9. The molecule has 4 heterocycles. The summed E-state index contributed by atoms with van der Waals surface area (Å²) < 4.78 is 35.9. The van der Waals surface area contributed by atoms with Gasteiger partial charge in [-0.1, -0.05) is 13.5 Å². The van der Waals surface area contributed by atoms with Crippen LogP contribution in [0.2, 0.25) is 0 Å². The molecule has 0 saturated carbocycles. The van der Waals surface area contributed by atoms with E-state index in [4.69, 9.17) is 4.74 Å². The van der Waals surface area contributed by atoms with Crippen molar-refractivity contribution in [2.24, 2.45) is 7.05 Å². The first-order valence-corrected chi connectivity index (χ1v) is 13.5. The Balaban J connectivity index is 1.55. The zero-order valence-corrected chi connectivity index (χ0v) is 22.6. The minimum Gasteiger partial charge on any atom is -0.385 e. The molecule has 0 aliphatic carbocycles. The fourth-order valence-electron chi connectivity index (χ4n) is 5.79. The van der Waals surface area contributed by atoms with Crippen LogP contribution in [0.1, 0.15) is 63.0 Å². The molecule has 1 unspecified atom stereocenters.